The van der Waals surface area contributed by atoms with Crippen molar-refractivity contribution in [2.24, 2.45) is 0 Å². The summed E-state index contributed by atoms with van der Waals surface area (Å²) < 4.78 is 4.50. The van der Waals surface area contributed by atoms with Gasteiger partial charge in [0.05, 0.1) is 25.2 Å². The highest BCUT2D eigenvalue weighted by atomic mass is 16.5. The minimum absolute atomic E-state index is 0.197. The number of rotatable bonds is 2. The number of ether oxygens (including phenoxy) is 1. The van der Waals surface area contributed by atoms with Gasteiger partial charge in [-0.05, 0) is 12.5 Å². The van der Waals surface area contributed by atoms with E-state index in [1.807, 2.05) is 0 Å². The van der Waals surface area contributed by atoms with Crippen LogP contribution in [0.4, 0.5) is 0 Å². The summed E-state index contributed by atoms with van der Waals surface area (Å²) in [4.78, 5) is 18.9. The summed E-state index contributed by atoms with van der Waals surface area (Å²) in [5, 5.41) is 0. The van der Waals surface area contributed by atoms with Crippen molar-refractivity contribution in [3.8, 4) is 0 Å². The summed E-state index contributed by atoms with van der Waals surface area (Å²) >= 11 is 0. The van der Waals surface area contributed by atoms with E-state index < -0.39 is 5.97 Å². The van der Waals surface area contributed by atoms with Crippen molar-refractivity contribution < 1.29 is 9.53 Å². The van der Waals surface area contributed by atoms with E-state index in [1.165, 1.54) is 13.3 Å². The molecule has 1 aromatic heterocycles. The first-order chi connectivity index (χ1) is 6.15. The van der Waals surface area contributed by atoms with E-state index in [9.17, 15) is 4.79 Å². The molecule has 1 rings (SSSR count). The molecule has 68 valence electrons. The molecule has 0 unspecified atom stereocenters. The van der Waals surface area contributed by atoms with Gasteiger partial charge in [-0.2, -0.15) is 0 Å². The molecule has 4 nitrogen and oxygen atoms in total. The van der Waals surface area contributed by atoms with Gasteiger partial charge in [0.25, 0.3) is 0 Å². The van der Waals surface area contributed by atoms with Crippen molar-refractivity contribution in [1.29, 1.82) is 0 Å². The van der Waals surface area contributed by atoms with Gasteiger partial charge < -0.3 is 4.74 Å². The van der Waals surface area contributed by atoms with Crippen LogP contribution in [0.5, 0.6) is 0 Å². The fourth-order valence-electron chi connectivity index (χ4n) is 0.775. The largest absolute Gasteiger partial charge is 0.464 e. The van der Waals surface area contributed by atoms with Gasteiger partial charge in [0.2, 0.25) is 0 Å². The zero-order valence-electron chi connectivity index (χ0n) is 7.57. The van der Waals surface area contributed by atoms with Crippen LogP contribution >= 0.6 is 0 Å². The van der Waals surface area contributed by atoms with E-state index in [-0.39, 0.29) is 5.69 Å². The molecule has 13 heavy (non-hydrogen) atoms. The second kappa shape index (κ2) is 3.80. The molecule has 0 aliphatic carbocycles. The van der Waals surface area contributed by atoms with Gasteiger partial charge in [0.15, 0.2) is 5.69 Å². The third-order valence-electron chi connectivity index (χ3n) is 1.47. The smallest absolute Gasteiger partial charge is 0.358 e. The van der Waals surface area contributed by atoms with E-state index >= 15 is 0 Å². The Morgan fingerprint density at radius 3 is 2.62 bits per heavy atom. The molecule has 0 fully saturated rings. The molecule has 4 heteroatoms. The molecule has 0 saturated heterocycles. The standard InChI is InChI=1S/C9H10N2O2/c1-6(2)7-4-10-5-8(11-7)9(12)13-3/h4-5H,1H2,2-3H3. The van der Waals surface area contributed by atoms with Gasteiger partial charge in [-0.25, -0.2) is 9.78 Å². The van der Waals surface area contributed by atoms with Gasteiger partial charge in [-0.1, -0.05) is 6.58 Å². The predicted molar refractivity (Wildman–Crippen MR) is 48.1 cm³/mol. The fraction of sp³-hybridized carbons (Fsp3) is 0.222. The zero-order valence-corrected chi connectivity index (χ0v) is 7.57. The highest BCUT2D eigenvalue weighted by molar-refractivity contribution is 5.87. The van der Waals surface area contributed by atoms with E-state index in [0.717, 1.165) is 5.57 Å². The molecule has 0 aromatic carbocycles. The summed E-state index contributed by atoms with van der Waals surface area (Å²) in [5.74, 6) is -0.490. The molecule has 0 radical (unpaired) electrons. The van der Waals surface area contributed by atoms with Gasteiger partial charge >= 0.3 is 5.97 Å². The Labute approximate surface area is 76.3 Å². The Morgan fingerprint density at radius 2 is 2.08 bits per heavy atom. The summed E-state index contributed by atoms with van der Waals surface area (Å²) in [6.07, 6.45) is 2.91. The normalized spacial score (nSPS) is 9.38. The number of aromatic nitrogens is 2. The van der Waals surface area contributed by atoms with Crippen molar-refractivity contribution in [2.75, 3.05) is 7.11 Å². The predicted octanol–water partition coefficient (Wildman–Crippen LogP) is 1.30. The molecule has 0 aliphatic heterocycles. The Kier molecular flexibility index (Phi) is 2.74. The van der Waals surface area contributed by atoms with Gasteiger partial charge in [-0.3, -0.25) is 4.98 Å². The van der Waals surface area contributed by atoms with E-state index in [1.54, 1.807) is 13.1 Å². The molecule has 0 aliphatic rings. The van der Waals surface area contributed by atoms with Gasteiger partial charge in [0, 0.05) is 0 Å². The monoisotopic (exact) mass is 178 g/mol. The first-order valence-corrected chi connectivity index (χ1v) is 3.71. The maximum Gasteiger partial charge on any atom is 0.358 e. The summed E-state index contributed by atoms with van der Waals surface area (Å²) in [7, 11) is 1.30. The van der Waals surface area contributed by atoms with Crippen LogP contribution in [0.2, 0.25) is 0 Å². The van der Waals surface area contributed by atoms with Gasteiger partial charge in [-0.15, -0.1) is 0 Å². The van der Waals surface area contributed by atoms with Crippen LogP contribution < -0.4 is 0 Å². The minimum atomic E-state index is -0.490. The summed E-state index contributed by atoms with van der Waals surface area (Å²) in [6, 6.07) is 0. The second-order valence-corrected chi connectivity index (χ2v) is 2.56. The van der Waals surface area contributed by atoms with Crippen molar-refractivity contribution in [3.05, 3.63) is 30.4 Å². The van der Waals surface area contributed by atoms with Crippen molar-refractivity contribution in [3.63, 3.8) is 0 Å². The molecule has 0 spiro atoms. The second-order valence-electron chi connectivity index (χ2n) is 2.56. The van der Waals surface area contributed by atoms with Crippen LogP contribution in [0.1, 0.15) is 23.1 Å². The van der Waals surface area contributed by atoms with Crippen LogP contribution in [0, 0.1) is 0 Å². The summed E-state index contributed by atoms with van der Waals surface area (Å²) in [5.41, 5.74) is 1.56. The molecule has 1 aromatic rings. The molecule has 0 saturated carbocycles. The van der Waals surface area contributed by atoms with E-state index in [4.69, 9.17) is 0 Å². The molecular weight excluding hydrogens is 168 g/mol. The number of carbonyl (C=O) groups excluding carboxylic acids is 1. The average Bonchev–Trinajstić information content (AvgIpc) is 2.17. The average molecular weight is 178 g/mol. The molecule has 0 atom stereocenters. The number of allylic oxidation sites excluding steroid dienone is 1. The first-order valence-electron chi connectivity index (χ1n) is 3.71. The lowest BCUT2D eigenvalue weighted by Gasteiger charge is -2.00. The number of hydrogen-bond acceptors (Lipinski definition) is 4. The maximum atomic E-state index is 11.0. The van der Waals surface area contributed by atoms with Crippen LogP contribution in [0.15, 0.2) is 19.0 Å². The van der Waals surface area contributed by atoms with Crippen LogP contribution in [0.25, 0.3) is 5.57 Å². The number of hydrogen-bond donors (Lipinski definition) is 0. The number of nitrogens with zero attached hydrogens (tertiary/aromatic N) is 2. The molecule has 0 amide bonds. The minimum Gasteiger partial charge on any atom is -0.464 e. The Bertz CT molecular complexity index is 347. The topological polar surface area (TPSA) is 52.1 Å². The summed E-state index contributed by atoms with van der Waals surface area (Å²) in [6.45, 7) is 5.49. The van der Waals surface area contributed by atoms with E-state index in [2.05, 4.69) is 21.3 Å². The third-order valence-corrected chi connectivity index (χ3v) is 1.47. The zero-order chi connectivity index (χ0) is 9.84. The van der Waals surface area contributed by atoms with E-state index in [0.29, 0.717) is 5.69 Å². The Hall–Kier alpha value is -1.71. The SMILES string of the molecule is C=C(C)c1cncc(C(=O)OC)n1. The van der Waals surface area contributed by atoms with Crippen LogP contribution in [-0.2, 0) is 4.74 Å². The fourth-order valence-corrected chi connectivity index (χ4v) is 0.775. The molecule has 1 heterocycles. The lowest BCUT2D eigenvalue weighted by Crippen LogP contribution is -2.06. The van der Waals surface area contributed by atoms with Crippen LogP contribution in [0.3, 0.4) is 0 Å². The lowest BCUT2D eigenvalue weighted by atomic mass is 10.2. The Morgan fingerprint density at radius 1 is 1.46 bits per heavy atom. The first kappa shape index (κ1) is 9.38. The quantitative estimate of drug-likeness (QED) is 0.640. The lowest BCUT2D eigenvalue weighted by molar-refractivity contribution is 0.0593. The van der Waals surface area contributed by atoms with Crippen molar-refractivity contribution in [2.45, 2.75) is 6.92 Å². The van der Waals surface area contributed by atoms with Gasteiger partial charge in [0.1, 0.15) is 0 Å². The third kappa shape index (κ3) is 2.11. The van der Waals surface area contributed by atoms with Crippen molar-refractivity contribution in [1.82, 2.24) is 9.97 Å². The Balaban J connectivity index is 3.05. The number of esters is 1. The molecule has 0 bridgehead atoms. The highest BCUT2D eigenvalue weighted by Crippen LogP contribution is 2.07. The maximum absolute atomic E-state index is 11.0. The number of methoxy groups -OCH3 is 1. The van der Waals surface area contributed by atoms with Crippen molar-refractivity contribution >= 4 is 11.5 Å². The molecule has 0 N–H and O–H groups in total. The van der Waals surface area contributed by atoms with Crippen LogP contribution in [-0.4, -0.2) is 23.0 Å². The highest BCUT2D eigenvalue weighted by Gasteiger charge is 2.08. The molecular formula is C9H10N2O2. The number of carbonyl (C=O) groups is 1.